The van der Waals surface area contributed by atoms with Crippen LogP contribution in [0.15, 0.2) is 36.4 Å². The normalized spacial score (nSPS) is 10.2. The molecule has 0 amide bonds. The van der Waals surface area contributed by atoms with Crippen molar-refractivity contribution in [1.29, 1.82) is 0 Å². The van der Waals surface area contributed by atoms with Crippen LogP contribution in [0.4, 0.5) is 5.69 Å². The molecule has 0 heterocycles. The monoisotopic (exact) mass is 311 g/mol. The van der Waals surface area contributed by atoms with Crippen molar-refractivity contribution in [3.05, 3.63) is 52.0 Å². The Bertz CT molecular complexity index is 602. The fourth-order valence-corrected chi connectivity index (χ4v) is 2.12. The van der Waals surface area contributed by atoms with E-state index in [-0.39, 0.29) is 0 Å². The van der Waals surface area contributed by atoms with Crippen LogP contribution in [0.3, 0.4) is 0 Å². The molecule has 5 heteroatoms. The molecule has 0 bridgehead atoms. The molecule has 0 fully saturated rings. The number of halogens is 2. The molecule has 0 aliphatic heterocycles. The maximum atomic E-state index is 6.00. The van der Waals surface area contributed by atoms with E-state index in [9.17, 15) is 0 Å². The molecule has 0 saturated carbocycles. The Morgan fingerprint density at radius 2 is 1.75 bits per heavy atom. The molecule has 2 aromatic rings. The molecule has 20 heavy (non-hydrogen) atoms. The number of rotatable bonds is 5. The van der Waals surface area contributed by atoms with Gasteiger partial charge in [-0.2, -0.15) is 0 Å². The second kappa shape index (κ2) is 6.73. The summed E-state index contributed by atoms with van der Waals surface area (Å²) >= 11 is 11.9. The first-order chi connectivity index (χ1) is 9.63. The van der Waals surface area contributed by atoms with E-state index in [1.165, 1.54) is 0 Å². The van der Waals surface area contributed by atoms with Gasteiger partial charge in [-0.25, -0.2) is 0 Å². The zero-order chi connectivity index (χ0) is 14.5. The molecule has 0 radical (unpaired) electrons. The third-order valence-electron chi connectivity index (χ3n) is 2.87. The predicted octanol–water partition coefficient (Wildman–Crippen LogP) is 4.62. The lowest BCUT2D eigenvalue weighted by Crippen LogP contribution is -2.02. The number of anilines is 1. The van der Waals surface area contributed by atoms with E-state index in [4.69, 9.17) is 32.7 Å². The molecule has 106 valence electrons. The average Bonchev–Trinajstić information content (AvgIpc) is 2.48. The second-order valence-corrected chi connectivity index (χ2v) is 4.98. The number of methoxy groups -OCH3 is 2. The van der Waals surface area contributed by atoms with Gasteiger partial charge in [0.2, 0.25) is 0 Å². The average molecular weight is 312 g/mol. The van der Waals surface area contributed by atoms with Crippen molar-refractivity contribution in [2.45, 2.75) is 6.54 Å². The van der Waals surface area contributed by atoms with E-state index in [0.29, 0.717) is 16.6 Å². The maximum absolute atomic E-state index is 6.00. The van der Waals surface area contributed by atoms with Crippen molar-refractivity contribution < 1.29 is 9.47 Å². The minimum absolute atomic E-state index is 0.545. The zero-order valence-electron chi connectivity index (χ0n) is 11.2. The standard InChI is InChI=1S/C15H15Cl2NO2/c1-19-11-4-6-15(20-2)14(8-11)18-9-10-3-5-12(16)13(17)7-10/h3-8,18H,9H2,1-2H3. The highest BCUT2D eigenvalue weighted by Gasteiger charge is 2.05. The van der Waals surface area contributed by atoms with Crippen LogP contribution in [0.5, 0.6) is 11.5 Å². The molecule has 0 aromatic heterocycles. The molecular weight excluding hydrogens is 297 g/mol. The Balaban J connectivity index is 2.15. The molecule has 2 rings (SSSR count). The fourth-order valence-electron chi connectivity index (χ4n) is 1.80. The molecule has 0 atom stereocenters. The van der Waals surface area contributed by atoms with E-state index >= 15 is 0 Å². The highest BCUT2D eigenvalue weighted by Crippen LogP contribution is 2.30. The van der Waals surface area contributed by atoms with Gasteiger partial charge in [-0.3, -0.25) is 0 Å². The van der Waals surface area contributed by atoms with Crippen LogP contribution in [0.1, 0.15) is 5.56 Å². The van der Waals surface area contributed by atoms with Gasteiger partial charge >= 0.3 is 0 Å². The lowest BCUT2D eigenvalue weighted by Gasteiger charge is -2.13. The molecule has 2 aromatic carbocycles. The van der Waals surface area contributed by atoms with Gasteiger partial charge in [0, 0.05) is 12.6 Å². The van der Waals surface area contributed by atoms with Gasteiger partial charge in [0.25, 0.3) is 0 Å². The third kappa shape index (κ3) is 3.50. The summed E-state index contributed by atoms with van der Waals surface area (Å²) in [4.78, 5) is 0. The summed E-state index contributed by atoms with van der Waals surface area (Å²) in [5, 5.41) is 4.39. The van der Waals surface area contributed by atoms with Gasteiger partial charge in [-0.1, -0.05) is 29.3 Å². The van der Waals surface area contributed by atoms with Crippen LogP contribution in [-0.4, -0.2) is 14.2 Å². The molecule has 1 N–H and O–H groups in total. The van der Waals surface area contributed by atoms with E-state index in [1.807, 2.05) is 30.3 Å². The Morgan fingerprint density at radius 3 is 2.40 bits per heavy atom. The molecular formula is C15H15Cl2NO2. The van der Waals surface area contributed by atoms with E-state index in [2.05, 4.69) is 5.32 Å². The number of benzene rings is 2. The molecule has 0 spiro atoms. The number of hydrogen-bond acceptors (Lipinski definition) is 3. The van der Waals surface area contributed by atoms with E-state index < -0.39 is 0 Å². The van der Waals surface area contributed by atoms with Gasteiger partial charge < -0.3 is 14.8 Å². The Hall–Kier alpha value is -1.58. The van der Waals surface area contributed by atoms with Gasteiger partial charge in [0.05, 0.1) is 30.0 Å². The molecule has 3 nitrogen and oxygen atoms in total. The van der Waals surface area contributed by atoms with Crippen molar-refractivity contribution in [3.63, 3.8) is 0 Å². The lowest BCUT2D eigenvalue weighted by molar-refractivity contribution is 0.404. The highest BCUT2D eigenvalue weighted by molar-refractivity contribution is 6.42. The topological polar surface area (TPSA) is 30.5 Å². The summed E-state index contributed by atoms with van der Waals surface area (Å²) in [5.41, 5.74) is 1.89. The first kappa shape index (κ1) is 14.8. The fraction of sp³-hybridized carbons (Fsp3) is 0.200. The van der Waals surface area contributed by atoms with Crippen molar-refractivity contribution in [3.8, 4) is 11.5 Å². The number of hydrogen-bond donors (Lipinski definition) is 1. The first-order valence-corrected chi connectivity index (χ1v) is 6.79. The van der Waals surface area contributed by atoms with Crippen LogP contribution in [0.2, 0.25) is 10.0 Å². The molecule has 0 saturated heterocycles. The molecule has 0 aliphatic carbocycles. The highest BCUT2D eigenvalue weighted by atomic mass is 35.5. The van der Waals surface area contributed by atoms with Crippen LogP contribution < -0.4 is 14.8 Å². The zero-order valence-corrected chi connectivity index (χ0v) is 12.8. The molecule has 0 aliphatic rings. The van der Waals surface area contributed by atoms with Crippen LogP contribution in [-0.2, 0) is 6.54 Å². The first-order valence-electron chi connectivity index (χ1n) is 6.04. The van der Waals surface area contributed by atoms with Gasteiger partial charge in [-0.15, -0.1) is 0 Å². The predicted molar refractivity (Wildman–Crippen MR) is 83.3 cm³/mol. The summed E-state index contributed by atoms with van der Waals surface area (Å²) in [6.45, 7) is 0.612. The van der Waals surface area contributed by atoms with Gasteiger partial charge in [0.1, 0.15) is 11.5 Å². The SMILES string of the molecule is COc1ccc(OC)c(NCc2ccc(Cl)c(Cl)c2)c1. The quantitative estimate of drug-likeness (QED) is 0.873. The van der Waals surface area contributed by atoms with Crippen molar-refractivity contribution in [2.24, 2.45) is 0 Å². The Kier molecular flexibility index (Phi) is 4.99. The number of ether oxygens (including phenoxy) is 2. The van der Waals surface area contributed by atoms with Crippen molar-refractivity contribution in [1.82, 2.24) is 0 Å². The summed E-state index contributed by atoms with van der Waals surface area (Å²) in [7, 11) is 3.26. The van der Waals surface area contributed by atoms with E-state index in [1.54, 1.807) is 20.3 Å². The van der Waals surface area contributed by atoms with Gasteiger partial charge in [-0.05, 0) is 29.8 Å². The van der Waals surface area contributed by atoms with Crippen molar-refractivity contribution >= 4 is 28.9 Å². The van der Waals surface area contributed by atoms with Crippen LogP contribution in [0.25, 0.3) is 0 Å². The van der Waals surface area contributed by atoms with Gasteiger partial charge in [0.15, 0.2) is 0 Å². The Labute approximate surface area is 128 Å². The minimum Gasteiger partial charge on any atom is -0.497 e. The van der Waals surface area contributed by atoms with Crippen LogP contribution >= 0.6 is 23.2 Å². The maximum Gasteiger partial charge on any atom is 0.142 e. The minimum atomic E-state index is 0.545. The van der Waals surface area contributed by atoms with E-state index in [0.717, 1.165) is 22.7 Å². The summed E-state index contributed by atoms with van der Waals surface area (Å²) in [6, 6.07) is 11.1. The summed E-state index contributed by atoms with van der Waals surface area (Å²) < 4.78 is 10.5. The lowest BCUT2D eigenvalue weighted by atomic mass is 10.2. The second-order valence-electron chi connectivity index (χ2n) is 4.17. The summed E-state index contributed by atoms with van der Waals surface area (Å²) in [6.07, 6.45) is 0. The molecule has 0 unspecified atom stereocenters. The van der Waals surface area contributed by atoms with Crippen LogP contribution in [0, 0.1) is 0 Å². The number of nitrogens with one attached hydrogen (secondary N) is 1. The Morgan fingerprint density at radius 1 is 0.950 bits per heavy atom. The smallest absolute Gasteiger partial charge is 0.142 e. The largest absolute Gasteiger partial charge is 0.497 e. The summed E-state index contributed by atoms with van der Waals surface area (Å²) in [5.74, 6) is 1.52. The van der Waals surface area contributed by atoms with Crippen molar-refractivity contribution in [2.75, 3.05) is 19.5 Å². The third-order valence-corrected chi connectivity index (χ3v) is 3.61.